The molecular weight excluding hydrogens is 204 g/mol. The monoisotopic (exact) mass is 226 g/mol. The standard InChI is InChI=1S/C12H22N2O2/c15-12(14-8-2-3-9-14)13-7-6-11-5-1-4-10-16-11/h11H,1-10H2,(H,13,15). The van der Waals surface area contributed by atoms with E-state index in [9.17, 15) is 4.79 Å². The Balaban J connectivity index is 1.57. The van der Waals surface area contributed by atoms with Crippen LogP contribution < -0.4 is 5.32 Å². The van der Waals surface area contributed by atoms with E-state index in [1.54, 1.807) is 0 Å². The van der Waals surface area contributed by atoms with E-state index in [-0.39, 0.29) is 6.03 Å². The molecular formula is C12H22N2O2. The molecule has 1 N–H and O–H groups in total. The van der Waals surface area contributed by atoms with Gasteiger partial charge in [0.1, 0.15) is 0 Å². The molecule has 2 fully saturated rings. The second kappa shape index (κ2) is 6.09. The van der Waals surface area contributed by atoms with Crippen molar-refractivity contribution < 1.29 is 9.53 Å². The molecule has 0 spiro atoms. The normalized spacial score (nSPS) is 25.8. The maximum Gasteiger partial charge on any atom is 0.317 e. The van der Waals surface area contributed by atoms with Crippen LogP contribution in [0.4, 0.5) is 4.79 Å². The number of likely N-dealkylation sites (tertiary alicyclic amines) is 1. The first kappa shape index (κ1) is 11.7. The van der Waals surface area contributed by atoms with E-state index in [1.165, 1.54) is 12.8 Å². The van der Waals surface area contributed by atoms with Crippen molar-refractivity contribution in [3.63, 3.8) is 0 Å². The summed E-state index contributed by atoms with van der Waals surface area (Å²) in [4.78, 5) is 13.6. The molecule has 4 nitrogen and oxygen atoms in total. The number of hydrogen-bond acceptors (Lipinski definition) is 2. The van der Waals surface area contributed by atoms with Gasteiger partial charge in [0.15, 0.2) is 0 Å². The minimum absolute atomic E-state index is 0.105. The smallest absolute Gasteiger partial charge is 0.317 e. The number of urea groups is 1. The third kappa shape index (κ3) is 3.37. The van der Waals surface area contributed by atoms with Crippen LogP contribution in [0.5, 0.6) is 0 Å². The van der Waals surface area contributed by atoms with Gasteiger partial charge < -0.3 is 15.0 Å². The van der Waals surface area contributed by atoms with Crippen LogP contribution in [0.2, 0.25) is 0 Å². The lowest BCUT2D eigenvalue weighted by molar-refractivity contribution is 0.0118. The Morgan fingerprint density at radius 2 is 2.06 bits per heavy atom. The molecule has 16 heavy (non-hydrogen) atoms. The predicted molar refractivity (Wildman–Crippen MR) is 62.4 cm³/mol. The predicted octanol–water partition coefficient (Wildman–Crippen LogP) is 1.75. The number of nitrogens with one attached hydrogen (secondary N) is 1. The average Bonchev–Trinajstić information content (AvgIpc) is 2.84. The third-order valence-electron chi connectivity index (χ3n) is 3.41. The van der Waals surface area contributed by atoms with Crippen LogP contribution >= 0.6 is 0 Å². The van der Waals surface area contributed by atoms with Crippen LogP contribution in [-0.2, 0) is 4.74 Å². The summed E-state index contributed by atoms with van der Waals surface area (Å²) in [6, 6.07) is 0.105. The minimum Gasteiger partial charge on any atom is -0.378 e. The summed E-state index contributed by atoms with van der Waals surface area (Å²) in [5.41, 5.74) is 0. The van der Waals surface area contributed by atoms with Crippen molar-refractivity contribution in [1.29, 1.82) is 0 Å². The summed E-state index contributed by atoms with van der Waals surface area (Å²) in [7, 11) is 0. The molecule has 2 amide bonds. The van der Waals surface area contributed by atoms with Crippen molar-refractivity contribution >= 4 is 6.03 Å². The summed E-state index contributed by atoms with van der Waals surface area (Å²) in [5, 5.41) is 2.98. The molecule has 0 saturated carbocycles. The molecule has 0 radical (unpaired) electrons. The second-order valence-corrected chi connectivity index (χ2v) is 4.70. The largest absolute Gasteiger partial charge is 0.378 e. The molecule has 0 aromatic carbocycles. The molecule has 2 aliphatic rings. The van der Waals surface area contributed by atoms with E-state index in [0.29, 0.717) is 6.10 Å². The first-order valence-electron chi connectivity index (χ1n) is 6.50. The van der Waals surface area contributed by atoms with Crippen LogP contribution in [0, 0.1) is 0 Å². The number of amides is 2. The number of carbonyl (C=O) groups is 1. The topological polar surface area (TPSA) is 41.6 Å². The lowest BCUT2D eigenvalue weighted by Gasteiger charge is -2.23. The quantitative estimate of drug-likeness (QED) is 0.796. The number of carbonyl (C=O) groups excluding carboxylic acids is 1. The molecule has 4 heteroatoms. The second-order valence-electron chi connectivity index (χ2n) is 4.70. The van der Waals surface area contributed by atoms with Crippen molar-refractivity contribution in [3.05, 3.63) is 0 Å². The van der Waals surface area contributed by atoms with Crippen LogP contribution in [0.1, 0.15) is 38.5 Å². The van der Waals surface area contributed by atoms with E-state index in [4.69, 9.17) is 4.74 Å². The van der Waals surface area contributed by atoms with Gasteiger partial charge >= 0.3 is 6.03 Å². The molecule has 2 heterocycles. The Hall–Kier alpha value is -0.770. The van der Waals surface area contributed by atoms with Crippen LogP contribution in [0.15, 0.2) is 0 Å². The molecule has 1 atom stereocenters. The number of hydrogen-bond donors (Lipinski definition) is 1. The van der Waals surface area contributed by atoms with Gasteiger partial charge in [-0.15, -0.1) is 0 Å². The Bertz CT molecular complexity index is 221. The minimum atomic E-state index is 0.105. The molecule has 1 unspecified atom stereocenters. The third-order valence-corrected chi connectivity index (χ3v) is 3.41. The van der Waals surface area contributed by atoms with Gasteiger partial charge in [0.25, 0.3) is 0 Å². The lowest BCUT2D eigenvalue weighted by Crippen LogP contribution is -2.39. The van der Waals surface area contributed by atoms with E-state index in [1.807, 2.05) is 4.90 Å². The van der Waals surface area contributed by atoms with Crippen molar-refractivity contribution in [1.82, 2.24) is 10.2 Å². The first-order chi connectivity index (χ1) is 7.86. The fourth-order valence-electron chi connectivity index (χ4n) is 2.41. The Kier molecular flexibility index (Phi) is 4.45. The lowest BCUT2D eigenvalue weighted by atomic mass is 10.1. The highest BCUT2D eigenvalue weighted by Gasteiger charge is 2.18. The maximum atomic E-state index is 11.7. The summed E-state index contributed by atoms with van der Waals surface area (Å²) < 4.78 is 5.62. The molecule has 92 valence electrons. The Labute approximate surface area is 97.3 Å². The van der Waals surface area contributed by atoms with Crippen LogP contribution in [0.25, 0.3) is 0 Å². The van der Waals surface area contributed by atoms with Crippen LogP contribution in [0.3, 0.4) is 0 Å². The van der Waals surface area contributed by atoms with Gasteiger partial charge in [0.05, 0.1) is 6.10 Å². The molecule has 0 aromatic heterocycles. The van der Waals surface area contributed by atoms with Gasteiger partial charge in [-0.2, -0.15) is 0 Å². The highest BCUT2D eigenvalue weighted by atomic mass is 16.5. The zero-order valence-corrected chi connectivity index (χ0v) is 9.91. The fourth-order valence-corrected chi connectivity index (χ4v) is 2.41. The number of nitrogens with zero attached hydrogens (tertiary/aromatic N) is 1. The van der Waals surface area contributed by atoms with Gasteiger partial charge in [-0.05, 0) is 38.5 Å². The van der Waals surface area contributed by atoms with Crippen molar-refractivity contribution in [2.24, 2.45) is 0 Å². The van der Waals surface area contributed by atoms with Gasteiger partial charge in [0.2, 0.25) is 0 Å². The summed E-state index contributed by atoms with van der Waals surface area (Å²) in [6.07, 6.45) is 7.24. The van der Waals surface area contributed by atoms with Crippen LogP contribution in [-0.4, -0.2) is 43.3 Å². The fraction of sp³-hybridized carbons (Fsp3) is 0.917. The van der Waals surface area contributed by atoms with E-state index >= 15 is 0 Å². The molecule has 2 saturated heterocycles. The summed E-state index contributed by atoms with van der Waals surface area (Å²) in [5.74, 6) is 0. The molecule has 0 aliphatic carbocycles. The zero-order valence-electron chi connectivity index (χ0n) is 9.91. The number of ether oxygens (including phenoxy) is 1. The zero-order chi connectivity index (χ0) is 11.2. The Morgan fingerprint density at radius 3 is 2.75 bits per heavy atom. The van der Waals surface area contributed by atoms with Gasteiger partial charge in [0, 0.05) is 26.2 Å². The highest BCUT2D eigenvalue weighted by Crippen LogP contribution is 2.15. The van der Waals surface area contributed by atoms with Gasteiger partial charge in [-0.1, -0.05) is 0 Å². The maximum absolute atomic E-state index is 11.7. The SMILES string of the molecule is O=C(NCCC1CCCCO1)N1CCCC1. The summed E-state index contributed by atoms with van der Waals surface area (Å²) >= 11 is 0. The van der Waals surface area contributed by atoms with Gasteiger partial charge in [-0.3, -0.25) is 0 Å². The highest BCUT2D eigenvalue weighted by molar-refractivity contribution is 5.74. The van der Waals surface area contributed by atoms with Crippen molar-refractivity contribution in [3.8, 4) is 0 Å². The van der Waals surface area contributed by atoms with E-state index in [0.717, 1.165) is 51.9 Å². The first-order valence-corrected chi connectivity index (χ1v) is 6.50. The van der Waals surface area contributed by atoms with E-state index < -0.39 is 0 Å². The van der Waals surface area contributed by atoms with Gasteiger partial charge in [-0.25, -0.2) is 4.79 Å². The van der Waals surface area contributed by atoms with E-state index in [2.05, 4.69) is 5.32 Å². The summed E-state index contributed by atoms with van der Waals surface area (Å²) in [6.45, 7) is 3.49. The average molecular weight is 226 g/mol. The Morgan fingerprint density at radius 1 is 1.25 bits per heavy atom. The number of rotatable bonds is 3. The molecule has 0 aromatic rings. The molecule has 2 aliphatic heterocycles. The van der Waals surface area contributed by atoms with Crippen molar-refractivity contribution in [2.45, 2.75) is 44.6 Å². The molecule has 0 bridgehead atoms. The molecule has 2 rings (SSSR count). The van der Waals surface area contributed by atoms with Crippen molar-refractivity contribution in [2.75, 3.05) is 26.2 Å².